The molecule has 2 heterocycles. The largest absolute Gasteiger partial charge is 0.381 e. The predicted molar refractivity (Wildman–Crippen MR) is 65.7 cm³/mol. The van der Waals surface area contributed by atoms with Gasteiger partial charge in [-0.25, -0.2) is 0 Å². The highest BCUT2D eigenvalue weighted by atomic mass is 16.5. The molecule has 0 aliphatic carbocycles. The molecule has 0 bridgehead atoms. The van der Waals surface area contributed by atoms with E-state index in [0.29, 0.717) is 13.2 Å². The SMILES string of the molecule is NC(=O)CN(C(=O)C1CCOC1)C1CCNCC1. The number of hydrogen-bond acceptors (Lipinski definition) is 4. The van der Waals surface area contributed by atoms with Crippen LogP contribution in [-0.2, 0) is 14.3 Å². The number of nitrogens with zero attached hydrogens (tertiary/aromatic N) is 1. The van der Waals surface area contributed by atoms with Crippen LogP contribution in [0.4, 0.5) is 0 Å². The smallest absolute Gasteiger partial charge is 0.237 e. The molecular weight excluding hydrogens is 234 g/mol. The van der Waals surface area contributed by atoms with Crippen LogP contribution in [0.15, 0.2) is 0 Å². The number of carbonyl (C=O) groups is 2. The molecular formula is C12H21N3O3. The first kappa shape index (κ1) is 13.3. The lowest BCUT2D eigenvalue weighted by atomic mass is 10.0. The summed E-state index contributed by atoms with van der Waals surface area (Å²) in [5.41, 5.74) is 5.26. The Hall–Kier alpha value is -1.14. The molecule has 1 unspecified atom stereocenters. The highest BCUT2D eigenvalue weighted by Crippen LogP contribution is 2.20. The molecule has 102 valence electrons. The van der Waals surface area contributed by atoms with Gasteiger partial charge in [0, 0.05) is 12.6 Å². The highest BCUT2D eigenvalue weighted by molar-refractivity contribution is 5.85. The van der Waals surface area contributed by atoms with Crippen molar-refractivity contribution in [1.29, 1.82) is 0 Å². The molecule has 6 heteroatoms. The van der Waals surface area contributed by atoms with Crippen molar-refractivity contribution < 1.29 is 14.3 Å². The Morgan fingerprint density at radius 2 is 2.00 bits per heavy atom. The minimum atomic E-state index is -0.444. The van der Waals surface area contributed by atoms with Crippen molar-refractivity contribution in [3.8, 4) is 0 Å². The van der Waals surface area contributed by atoms with E-state index in [1.54, 1.807) is 4.90 Å². The molecule has 6 nitrogen and oxygen atoms in total. The lowest BCUT2D eigenvalue weighted by Crippen LogP contribution is -2.51. The molecule has 0 aromatic carbocycles. The number of nitrogens with two attached hydrogens (primary N) is 1. The minimum absolute atomic E-state index is 0.0261. The van der Waals surface area contributed by atoms with Crippen molar-refractivity contribution in [3.05, 3.63) is 0 Å². The molecule has 2 aliphatic rings. The average molecular weight is 255 g/mol. The van der Waals surface area contributed by atoms with Crippen molar-refractivity contribution >= 4 is 11.8 Å². The number of rotatable bonds is 4. The Kier molecular flexibility index (Phi) is 4.54. The van der Waals surface area contributed by atoms with Gasteiger partial charge in [-0.05, 0) is 32.4 Å². The Bertz CT molecular complexity index is 310. The van der Waals surface area contributed by atoms with E-state index >= 15 is 0 Å². The summed E-state index contributed by atoms with van der Waals surface area (Å²) in [5, 5.41) is 3.25. The van der Waals surface area contributed by atoms with Gasteiger partial charge in [0.05, 0.1) is 19.1 Å². The molecule has 2 saturated heterocycles. The molecule has 3 N–H and O–H groups in total. The van der Waals surface area contributed by atoms with Crippen molar-refractivity contribution in [2.45, 2.75) is 25.3 Å². The molecule has 0 saturated carbocycles. The van der Waals surface area contributed by atoms with Crippen LogP contribution in [0.2, 0.25) is 0 Å². The van der Waals surface area contributed by atoms with Gasteiger partial charge in [-0.1, -0.05) is 0 Å². The number of hydrogen-bond donors (Lipinski definition) is 2. The zero-order valence-electron chi connectivity index (χ0n) is 10.6. The Labute approximate surface area is 107 Å². The van der Waals surface area contributed by atoms with Crippen molar-refractivity contribution in [2.24, 2.45) is 11.7 Å². The van der Waals surface area contributed by atoms with E-state index in [-0.39, 0.29) is 24.4 Å². The van der Waals surface area contributed by atoms with Gasteiger partial charge in [-0.3, -0.25) is 9.59 Å². The van der Waals surface area contributed by atoms with Gasteiger partial charge in [0.15, 0.2) is 0 Å². The predicted octanol–water partition coefficient (Wildman–Crippen LogP) is -0.911. The van der Waals surface area contributed by atoms with E-state index in [1.807, 2.05) is 0 Å². The number of carbonyl (C=O) groups excluding carboxylic acids is 2. The Balaban J connectivity index is 2.02. The summed E-state index contributed by atoms with van der Waals surface area (Å²) in [6.45, 7) is 2.90. The first-order valence-electron chi connectivity index (χ1n) is 6.55. The van der Waals surface area contributed by atoms with Crippen molar-refractivity contribution in [2.75, 3.05) is 32.8 Å². The molecule has 2 fully saturated rings. The van der Waals surface area contributed by atoms with Gasteiger partial charge in [-0.2, -0.15) is 0 Å². The van der Waals surface area contributed by atoms with Crippen LogP contribution >= 0.6 is 0 Å². The van der Waals surface area contributed by atoms with Crippen molar-refractivity contribution in [1.82, 2.24) is 10.2 Å². The summed E-state index contributed by atoms with van der Waals surface area (Å²) in [7, 11) is 0. The third kappa shape index (κ3) is 3.20. The molecule has 2 aliphatic heterocycles. The van der Waals surface area contributed by atoms with Crippen LogP contribution in [0.3, 0.4) is 0 Å². The molecule has 1 atom stereocenters. The monoisotopic (exact) mass is 255 g/mol. The first-order valence-corrected chi connectivity index (χ1v) is 6.55. The fraction of sp³-hybridized carbons (Fsp3) is 0.833. The maximum Gasteiger partial charge on any atom is 0.237 e. The Morgan fingerprint density at radius 3 is 2.56 bits per heavy atom. The summed E-state index contributed by atoms with van der Waals surface area (Å²) in [4.78, 5) is 25.2. The van der Waals surface area contributed by atoms with E-state index in [2.05, 4.69) is 5.32 Å². The molecule has 2 rings (SSSR count). The number of ether oxygens (including phenoxy) is 1. The van der Waals surface area contributed by atoms with Crippen molar-refractivity contribution in [3.63, 3.8) is 0 Å². The van der Waals surface area contributed by atoms with E-state index in [0.717, 1.165) is 32.4 Å². The van der Waals surface area contributed by atoms with Crippen LogP contribution in [-0.4, -0.2) is 55.6 Å². The summed E-state index contributed by atoms with van der Waals surface area (Å²) < 4.78 is 5.24. The summed E-state index contributed by atoms with van der Waals surface area (Å²) >= 11 is 0. The third-order valence-corrected chi connectivity index (χ3v) is 3.64. The van der Waals surface area contributed by atoms with Crippen LogP contribution < -0.4 is 11.1 Å². The molecule has 0 spiro atoms. The lowest BCUT2D eigenvalue weighted by molar-refractivity contribution is -0.141. The van der Waals surface area contributed by atoms with Crippen LogP contribution in [0.25, 0.3) is 0 Å². The fourth-order valence-electron chi connectivity index (χ4n) is 2.64. The highest BCUT2D eigenvalue weighted by Gasteiger charge is 2.33. The number of piperidine rings is 1. The second-order valence-corrected chi connectivity index (χ2v) is 4.97. The number of primary amides is 1. The lowest BCUT2D eigenvalue weighted by Gasteiger charge is -2.35. The topological polar surface area (TPSA) is 84.7 Å². The van der Waals surface area contributed by atoms with E-state index < -0.39 is 5.91 Å². The van der Waals surface area contributed by atoms with E-state index in [4.69, 9.17) is 10.5 Å². The van der Waals surface area contributed by atoms with Gasteiger partial charge in [0.1, 0.15) is 0 Å². The van der Waals surface area contributed by atoms with Gasteiger partial charge in [-0.15, -0.1) is 0 Å². The van der Waals surface area contributed by atoms with Crippen LogP contribution in [0.1, 0.15) is 19.3 Å². The zero-order valence-corrected chi connectivity index (χ0v) is 10.6. The molecule has 0 radical (unpaired) electrons. The second kappa shape index (κ2) is 6.15. The van der Waals surface area contributed by atoms with Gasteiger partial charge < -0.3 is 20.7 Å². The minimum Gasteiger partial charge on any atom is -0.381 e. The zero-order chi connectivity index (χ0) is 13.0. The van der Waals surface area contributed by atoms with E-state index in [9.17, 15) is 9.59 Å². The quantitative estimate of drug-likeness (QED) is 0.681. The normalized spacial score (nSPS) is 25.0. The van der Waals surface area contributed by atoms with Crippen LogP contribution in [0, 0.1) is 5.92 Å². The summed E-state index contributed by atoms with van der Waals surface area (Å²) in [6.07, 6.45) is 2.51. The summed E-state index contributed by atoms with van der Waals surface area (Å²) in [6, 6.07) is 0.131. The second-order valence-electron chi connectivity index (χ2n) is 4.97. The van der Waals surface area contributed by atoms with Gasteiger partial charge in [0.25, 0.3) is 0 Å². The van der Waals surface area contributed by atoms with Crippen LogP contribution in [0.5, 0.6) is 0 Å². The fourth-order valence-corrected chi connectivity index (χ4v) is 2.64. The maximum absolute atomic E-state index is 12.4. The third-order valence-electron chi connectivity index (χ3n) is 3.64. The molecule has 0 aromatic heterocycles. The van der Waals surface area contributed by atoms with E-state index in [1.165, 1.54) is 0 Å². The Morgan fingerprint density at radius 1 is 1.28 bits per heavy atom. The number of nitrogens with one attached hydrogen (secondary N) is 1. The molecule has 18 heavy (non-hydrogen) atoms. The van der Waals surface area contributed by atoms with Gasteiger partial charge in [0.2, 0.25) is 11.8 Å². The molecule has 0 aromatic rings. The standard InChI is InChI=1S/C12H21N3O3/c13-11(16)7-15(10-1-4-14-5-2-10)12(17)9-3-6-18-8-9/h9-10,14H,1-8H2,(H2,13,16). The average Bonchev–Trinajstić information content (AvgIpc) is 2.90. The first-order chi connectivity index (χ1) is 8.68. The number of amides is 2. The molecule has 2 amide bonds. The maximum atomic E-state index is 12.4. The van der Waals surface area contributed by atoms with Gasteiger partial charge >= 0.3 is 0 Å². The summed E-state index contributed by atoms with van der Waals surface area (Å²) in [5.74, 6) is -0.516.